The third-order valence-electron chi connectivity index (χ3n) is 5.51. The number of amides is 1. The molecule has 0 bridgehead atoms. The van der Waals surface area contributed by atoms with E-state index >= 15 is 0 Å². The van der Waals surface area contributed by atoms with Crippen LogP contribution in [0.15, 0.2) is 90.0 Å². The van der Waals surface area contributed by atoms with E-state index in [0.717, 1.165) is 22.3 Å². The molecular formula is C28H22N4O3S. The minimum atomic E-state index is -0.624. The first-order chi connectivity index (χ1) is 17.4. The van der Waals surface area contributed by atoms with Crippen LogP contribution in [-0.4, -0.2) is 21.1 Å². The molecule has 1 aromatic heterocycles. The Labute approximate surface area is 213 Å². The van der Waals surface area contributed by atoms with Gasteiger partial charge in [-0.3, -0.25) is 14.9 Å². The maximum absolute atomic E-state index is 12.9. The van der Waals surface area contributed by atoms with Gasteiger partial charge < -0.3 is 5.32 Å². The predicted octanol–water partition coefficient (Wildman–Crippen LogP) is 6.62. The molecule has 3 aromatic carbocycles. The number of anilines is 1. The van der Waals surface area contributed by atoms with Gasteiger partial charge in [0.1, 0.15) is 11.1 Å². The van der Waals surface area contributed by atoms with E-state index in [-0.39, 0.29) is 11.6 Å². The number of pyridine rings is 1. The van der Waals surface area contributed by atoms with Crippen LogP contribution in [0.4, 0.5) is 11.4 Å². The number of nitro groups is 1. The highest BCUT2D eigenvalue weighted by atomic mass is 32.2. The van der Waals surface area contributed by atoms with Crippen LogP contribution in [0.1, 0.15) is 18.1 Å². The smallest absolute Gasteiger partial charge is 0.271 e. The van der Waals surface area contributed by atoms with Crippen molar-refractivity contribution in [3.63, 3.8) is 0 Å². The number of rotatable bonds is 7. The molecule has 0 spiro atoms. The molecule has 0 saturated heterocycles. The first-order valence-corrected chi connectivity index (χ1v) is 12.0. The van der Waals surface area contributed by atoms with Crippen LogP contribution in [0.5, 0.6) is 0 Å². The summed E-state index contributed by atoms with van der Waals surface area (Å²) in [6, 6.07) is 27.5. The van der Waals surface area contributed by atoms with Gasteiger partial charge >= 0.3 is 0 Å². The summed E-state index contributed by atoms with van der Waals surface area (Å²) in [4.78, 5) is 28.2. The predicted molar refractivity (Wildman–Crippen MR) is 142 cm³/mol. The van der Waals surface area contributed by atoms with Gasteiger partial charge in [0.05, 0.1) is 21.4 Å². The van der Waals surface area contributed by atoms with Gasteiger partial charge in [-0.25, -0.2) is 4.98 Å². The van der Waals surface area contributed by atoms with Gasteiger partial charge in [-0.1, -0.05) is 78.0 Å². The summed E-state index contributed by atoms with van der Waals surface area (Å²) >= 11 is 1.17. The molecule has 0 aliphatic carbocycles. The Morgan fingerprint density at radius 2 is 1.75 bits per heavy atom. The van der Waals surface area contributed by atoms with E-state index in [0.29, 0.717) is 22.0 Å². The Balaban J connectivity index is 1.70. The number of hydrogen-bond acceptors (Lipinski definition) is 6. The molecule has 0 aliphatic heterocycles. The molecule has 0 unspecified atom stereocenters. The van der Waals surface area contributed by atoms with Gasteiger partial charge in [-0.2, -0.15) is 5.26 Å². The van der Waals surface area contributed by atoms with E-state index in [2.05, 4.69) is 11.4 Å². The third kappa shape index (κ3) is 5.59. The van der Waals surface area contributed by atoms with Crippen molar-refractivity contribution < 1.29 is 9.72 Å². The Morgan fingerprint density at radius 3 is 2.42 bits per heavy atom. The average Bonchev–Trinajstić information content (AvgIpc) is 2.89. The number of non-ortho nitro benzene ring substituents is 1. The van der Waals surface area contributed by atoms with E-state index in [1.165, 1.54) is 30.0 Å². The molecule has 1 heterocycles. The van der Waals surface area contributed by atoms with Crippen LogP contribution in [0.2, 0.25) is 0 Å². The van der Waals surface area contributed by atoms with E-state index in [4.69, 9.17) is 4.98 Å². The van der Waals surface area contributed by atoms with Crippen LogP contribution >= 0.6 is 11.8 Å². The number of carbonyl (C=O) groups is 1. The molecule has 0 aliphatic rings. The third-order valence-corrected chi connectivity index (χ3v) is 6.60. The van der Waals surface area contributed by atoms with Gasteiger partial charge in [-0.05, 0) is 31.5 Å². The summed E-state index contributed by atoms with van der Waals surface area (Å²) in [5.74, 6) is -0.354. The van der Waals surface area contributed by atoms with Crippen molar-refractivity contribution in [1.29, 1.82) is 5.26 Å². The normalized spacial score (nSPS) is 11.4. The molecule has 0 saturated carbocycles. The molecule has 1 N–H and O–H groups in total. The summed E-state index contributed by atoms with van der Waals surface area (Å²) in [6.07, 6.45) is 0. The monoisotopic (exact) mass is 494 g/mol. The summed E-state index contributed by atoms with van der Waals surface area (Å²) in [6.45, 7) is 3.71. The fourth-order valence-electron chi connectivity index (χ4n) is 3.59. The zero-order chi connectivity index (χ0) is 25.7. The molecule has 1 amide bonds. The van der Waals surface area contributed by atoms with Crippen LogP contribution in [0.25, 0.3) is 22.4 Å². The van der Waals surface area contributed by atoms with Crippen LogP contribution < -0.4 is 5.32 Å². The quantitative estimate of drug-likeness (QED) is 0.176. The Kier molecular flexibility index (Phi) is 7.42. The Morgan fingerprint density at radius 1 is 1.03 bits per heavy atom. The summed E-state index contributed by atoms with van der Waals surface area (Å²) in [7, 11) is 0. The van der Waals surface area contributed by atoms with Crippen molar-refractivity contribution in [2.24, 2.45) is 0 Å². The van der Waals surface area contributed by atoms with Crippen molar-refractivity contribution in [1.82, 2.24) is 4.98 Å². The highest BCUT2D eigenvalue weighted by Crippen LogP contribution is 2.36. The molecular weight excluding hydrogens is 472 g/mol. The maximum Gasteiger partial charge on any atom is 0.271 e. The highest BCUT2D eigenvalue weighted by Gasteiger charge is 2.22. The molecule has 0 radical (unpaired) electrons. The molecule has 4 aromatic rings. The van der Waals surface area contributed by atoms with Crippen molar-refractivity contribution in [2.45, 2.75) is 24.1 Å². The number of nitrogens with zero attached hydrogens (tertiary/aromatic N) is 3. The number of carbonyl (C=O) groups excluding carboxylic acids is 1. The number of aromatic nitrogens is 1. The van der Waals surface area contributed by atoms with E-state index in [1.54, 1.807) is 13.0 Å². The fraction of sp³-hybridized carbons (Fsp3) is 0.107. The second kappa shape index (κ2) is 10.8. The molecule has 178 valence electrons. The van der Waals surface area contributed by atoms with Crippen LogP contribution in [0.3, 0.4) is 0 Å². The first kappa shape index (κ1) is 24.6. The van der Waals surface area contributed by atoms with E-state index < -0.39 is 10.2 Å². The van der Waals surface area contributed by atoms with Gasteiger partial charge in [0.15, 0.2) is 0 Å². The lowest BCUT2D eigenvalue weighted by Gasteiger charge is -2.16. The lowest BCUT2D eigenvalue weighted by atomic mass is 9.98. The van der Waals surface area contributed by atoms with E-state index in [1.807, 2.05) is 67.6 Å². The van der Waals surface area contributed by atoms with Gasteiger partial charge in [-0.15, -0.1) is 0 Å². The standard InChI is InChI=1S/C28H22N4O3S/c1-18-11-13-20(14-12-18)24-16-26(21-7-4-3-5-8-21)31-28(25(24)17-29)36-19(2)27(33)30-22-9-6-10-23(15-22)32(34)35/h3-16,19H,1-2H3,(H,30,33)/t19-/m0/s1. The fourth-order valence-corrected chi connectivity index (χ4v) is 4.52. The summed E-state index contributed by atoms with van der Waals surface area (Å²) in [5, 5.41) is 23.7. The number of thioether (sulfide) groups is 1. The van der Waals surface area contributed by atoms with E-state index in [9.17, 15) is 20.2 Å². The molecule has 8 heteroatoms. The average molecular weight is 495 g/mol. The zero-order valence-electron chi connectivity index (χ0n) is 19.6. The van der Waals surface area contributed by atoms with Gasteiger partial charge in [0.25, 0.3) is 5.69 Å². The minimum Gasteiger partial charge on any atom is -0.325 e. The van der Waals surface area contributed by atoms with Crippen molar-refractivity contribution in [2.75, 3.05) is 5.32 Å². The van der Waals surface area contributed by atoms with Crippen LogP contribution in [-0.2, 0) is 4.79 Å². The molecule has 1 atom stereocenters. The number of aryl methyl sites for hydroxylation is 1. The molecule has 4 rings (SSSR count). The van der Waals surface area contributed by atoms with Crippen LogP contribution in [0, 0.1) is 28.4 Å². The van der Waals surface area contributed by atoms with Crippen molar-refractivity contribution >= 4 is 29.0 Å². The Bertz CT molecular complexity index is 1460. The minimum absolute atomic E-state index is 0.111. The molecule has 0 fully saturated rings. The number of nitriles is 1. The second-order valence-corrected chi connectivity index (χ2v) is 9.47. The molecule has 7 nitrogen and oxygen atoms in total. The summed E-state index contributed by atoms with van der Waals surface area (Å²) < 4.78 is 0. The largest absolute Gasteiger partial charge is 0.325 e. The lowest BCUT2D eigenvalue weighted by Crippen LogP contribution is -2.22. The highest BCUT2D eigenvalue weighted by molar-refractivity contribution is 8.00. The van der Waals surface area contributed by atoms with Crippen molar-refractivity contribution in [3.05, 3.63) is 106 Å². The maximum atomic E-state index is 12.9. The summed E-state index contributed by atoms with van der Waals surface area (Å²) in [5.41, 5.74) is 4.92. The molecule has 36 heavy (non-hydrogen) atoms. The number of nitro benzene ring substituents is 1. The number of benzene rings is 3. The Hall–Kier alpha value is -4.48. The number of hydrogen-bond donors (Lipinski definition) is 1. The lowest BCUT2D eigenvalue weighted by molar-refractivity contribution is -0.384. The SMILES string of the molecule is Cc1ccc(-c2cc(-c3ccccc3)nc(S[C@@H](C)C(=O)Nc3cccc([N+](=O)[O-])c3)c2C#N)cc1. The zero-order valence-corrected chi connectivity index (χ0v) is 20.5. The van der Waals surface area contributed by atoms with Crippen molar-refractivity contribution in [3.8, 4) is 28.5 Å². The second-order valence-electron chi connectivity index (χ2n) is 8.14. The number of nitrogens with one attached hydrogen (secondary N) is 1. The van der Waals surface area contributed by atoms with Gasteiger partial charge in [0, 0.05) is 28.9 Å². The topological polar surface area (TPSA) is 109 Å². The first-order valence-electron chi connectivity index (χ1n) is 11.2. The van der Waals surface area contributed by atoms with Gasteiger partial charge in [0.2, 0.25) is 5.91 Å².